The molecule has 0 atom stereocenters. The molecule has 4 nitrogen and oxygen atoms in total. The summed E-state index contributed by atoms with van der Waals surface area (Å²) in [5.74, 6) is 0. The van der Waals surface area contributed by atoms with E-state index >= 15 is 0 Å². The van der Waals surface area contributed by atoms with Gasteiger partial charge in [0.05, 0.1) is 11.9 Å². The van der Waals surface area contributed by atoms with Crippen molar-refractivity contribution in [1.29, 1.82) is 0 Å². The van der Waals surface area contributed by atoms with Gasteiger partial charge in [0.1, 0.15) is 0 Å². The highest BCUT2D eigenvalue weighted by molar-refractivity contribution is 5.89. The number of aromatic nitrogens is 1. The molecule has 1 aliphatic rings. The second kappa shape index (κ2) is 5.89. The summed E-state index contributed by atoms with van der Waals surface area (Å²) < 4.78 is 0. The molecule has 0 spiro atoms. The van der Waals surface area contributed by atoms with Crippen LogP contribution in [0, 0.1) is 0 Å². The van der Waals surface area contributed by atoms with E-state index in [-0.39, 0.29) is 6.03 Å². The number of rotatable bonds is 3. The fraction of sp³-hybridized carbons (Fsp3) is 0.150. The number of H-pyrrole nitrogens is 1. The number of carbonyl (C=O) groups is 1. The van der Waals surface area contributed by atoms with Crippen LogP contribution in [-0.4, -0.2) is 15.9 Å². The molecule has 0 unspecified atom stereocenters. The van der Waals surface area contributed by atoms with Crippen molar-refractivity contribution in [2.24, 2.45) is 0 Å². The standard InChI is InChI=1S/C20H19N3O/c1-2-18-19-16(15-10-6-7-11-17(15)22-19)12-21-20(24)23(18)13-14-8-4-3-5-9-14/h3-12,22H,2,13H2,1H3,(H,21,24). The fourth-order valence-corrected chi connectivity index (χ4v) is 3.31. The first-order chi connectivity index (χ1) is 11.8. The number of hydrogen-bond acceptors (Lipinski definition) is 1. The number of amides is 2. The molecule has 2 amide bonds. The fourth-order valence-electron chi connectivity index (χ4n) is 3.31. The van der Waals surface area contributed by atoms with Crippen LogP contribution in [0.4, 0.5) is 4.79 Å². The van der Waals surface area contributed by atoms with Crippen molar-refractivity contribution < 1.29 is 4.79 Å². The number of benzene rings is 2. The SMILES string of the molecule is CCC1=c2[nH]c3ccccc3c2=CNC(=O)N1Cc1ccccc1. The third-order valence-electron chi connectivity index (χ3n) is 4.46. The van der Waals surface area contributed by atoms with Crippen molar-refractivity contribution in [1.82, 2.24) is 15.2 Å². The zero-order valence-corrected chi connectivity index (χ0v) is 13.5. The Kier molecular flexibility index (Phi) is 3.58. The van der Waals surface area contributed by atoms with E-state index in [2.05, 4.69) is 29.4 Å². The quantitative estimate of drug-likeness (QED) is 0.766. The number of fused-ring (bicyclic) bond motifs is 3. The Morgan fingerprint density at radius 3 is 2.54 bits per heavy atom. The van der Waals surface area contributed by atoms with Gasteiger partial charge in [-0.25, -0.2) is 4.79 Å². The lowest BCUT2D eigenvalue weighted by Crippen LogP contribution is -2.36. The van der Waals surface area contributed by atoms with E-state index in [1.54, 1.807) is 0 Å². The molecule has 3 aromatic rings. The van der Waals surface area contributed by atoms with Gasteiger partial charge < -0.3 is 10.3 Å². The van der Waals surface area contributed by atoms with Crippen LogP contribution >= 0.6 is 0 Å². The molecular weight excluding hydrogens is 298 g/mol. The summed E-state index contributed by atoms with van der Waals surface area (Å²) in [4.78, 5) is 18.0. The number of carbonyl (C=O) groups excluding carboxylic acids is 1. The van der Waals surface area contributed by atoms with Crippen molar-refractivity contribution >= 4 is 28.8 Å². The van der Waals surface area contributed by atoms with Gasteiger partial charge in [0.25, 0.3) is 0 Å². The molecule has 0 bridgehead atoms. The maximum absolute atomic E-state index is 12.6. The molecule has 4 heteroatoms. The zero-order valence-electron chi connectivity index (χ0n) is 13.5. The van der Waals surface area contributed by atoms with Crippen molar-refractivity contribution in [2.45, 2.75) is 19.9 Å². The molecule has 2 aromatic carbocycles. The Labute approximate surface area is 140 Å². The maximum Gasteiger partial charge on any atom is 0.325 e. The van der Waals surface area contributed by atoms with Gasteiger partial charge in [-0.05, 0) is 18.1 Å². The van der Waals surface area contributed by atoms with Gasteiger partial charge in [-0.15, -0.1) is 0 Å². The van der Waals surface area contributed by atoms with Crippen LogP contribution in [0.15, 0.2) is 54.6 Å². The van der Waals surface area contributed by atoms with Crippen molar-refractivity contribution in [2.75, 3.05) is 0 Å². The van der Waals surface area contributed by atoms with Gasteiger partial charge >= 0.3 is 6.03 Å². The molecular formula is C20H19N3O. The molecule has 1 aliphatic heterocycles. The highest BCUT2D eigenvalue weighted by Crippen LogP contribution is 2.16. The zero-order chi connectivity index (χ0) is 16.5. The monoisotopic (exact) mass is 317 g/mol. The number of nitrogens with zero attached hydrogens (tertiary/aromatic N) is 1. The number of nitrogens with one attached hydrogen (secondary N) is 2. The average Bonchev–Trinajstić information content (AvgIpc) is 2.93. The third kappa shape index (κ3) is 2.36. The second-order valence-electron chi connectivity index (χ2n) is 5.93. The van der Waals surface area contributed by atoms with Crippen LogP contribution in [0.25, 0.3) is 22.8 Å². The van der Waals surface area contributed by atoms with E-state index in [4.69, 9.17) is 0 Å². The van der Waals surface area contributed by atoms with Gasteiger partial charge in [0.15, 0.2) is 0 Å². The number of aromatic amines is 1. The minimum absolute atomic E-state index is 0.0932. The summed E-state index contributed by atoms with van der Waals surface area (Å²) in [6.45, 7) is 2.64. The van der Waals surface area contributed by atoms with Crippen molar-refractivity contribution in [3.63, 3.8) is 0 Å². The minimum atomic E-state index is -0.0932. The largest absolute Gasteiger partial charge is 0.353 e. The predicted molar refractivity (Wildman–Crippen MR) is 96.2 cm³/mol. The number of urea groups is 1. The molecule has 1 aromatic heterocycles. The lowest BCUT2D eigenvalue weighted by molar-refractivity contribution is 0.220. The highest BCUT2D eigenvalue weighted by Gasteiger charge is 2.21. The summed E-state index contributed by atoms with van der Waals surface area (Å²) >= 11 is 0. The topological polar surface area (TPSA) is 48.1 Å². The summed E-state index contributed by atoms with van der Waals surface area (Å²) in [6, 6.07) is 18.2. The van der Waals surface area contributed by atoms with E-state index in [9.17, 15) is 4.79 Å². The average molecular weight is 317 g/mol. The molecule has 120 valence electrons. The van der Waals surface area contributed by atoms with E-state index in [1.165, 1.54) is 0 Å². The van der Waals surface area contributed by atoms with Crippen LogP contribution < -0.4 is 15.9 Å². The minimum Gasteiger partial charge on any atom is -0.353 e. The van der Waals surface area contributed by atoms with Crippen LogP contribution in [0.1, 0.15) is 18.9 Å². The molecule has 24 heavy (non-hydrogen) atoms. The molecule has 0 aliphatic carbocycles. The Balaban J connectivity index is 1.93. The predicted octanol–water partition coefficient (Wildman–Crippen LogP) is 2.65. The Hall–Kier alpha value is -3.01. The van der Waals surface area contributed by atoms with Crippen molar-refractivity contribution in [3.05, 3.63) is 70.7 Å². The lowest BCUT2D eigenvalue weighted by Gasteiger charge is -2.23. The smallest absolute Gasteiger partial charge is 0.325 e. The first kappa shape index (κ1) is 14.6. The van der Waals surface area contributed by atoms with Crippen LogP contribution in [0.5, 0.6) is 0 Å². The summed E-state index contributed by atoms with van der Waals surface area (Å²) in [5, 5.41) is 6.13. The van der Waals surface area contributed by atoms with Crippen LogP contribution in [-0.2, 0) is 6.54 Å². The Bertz CT molecular complexity index is 1020. The lowest BCUT2D eigenvalue weighted by atomic mass is 10.2. The summed E-state index contributed by atoms with van der Waals surface area (Å²) in [6.07, 6.45) is 2.59. The summed E-state index contributed by atoms with van der Waals surface area (Å²) in [5.41, 5.74) is 3.20. The van der Waals surface area contributed by atoms with Gasteiger partial charge in [-0.3, -0.25) is 4.90 Å². The molecule has 2 heterocycles. The van der Waals surface area contributed by atoms with Gasteiger partial charge in [0.2, 0.25) is 0 Å². The third-order valence-corrected chi connectivity index (χ3v) is 4.46. The van der Waals surface area contributed by atoms with Crippen LogP contribution in [0.3, 0.4) is 0 Å². The van der Waals surface area contributed by atoms with Gasteiger partial charge in [0, 0.05) is 28.0 Å². The Morgan fingerprint density at radius 1 is 1.00 bits per heavy atom. The van der Waals surface area contributed by atoms with E-state index in [0.717, 1.165) is 39.2 Å². The van der Waals surface area contributed by atoms with E-state index in [1.807, 2.05) is 53.6 Å². The molecule has 2 N–H and O–H groups in total. The molecule has 0 radical (unpaired) electrons. The maximum atomic E-state index is 12.6. The first-order valence-electron chi connectivity index (χ1n) is 8.20. The van der Waals surface area contributed by atoms with Crippen LogP contribution in [0.2, 0.25) is 0 Å². The first-order valence-corrected chi connectivity index (χ1v) is 8.20. The number of para-hydroxylation sites is 1. The Morgan fingerprint density at radius 2 is 1.75 bits per heavy atom. The van der Waals surface area contributed by atoms with E-state index in [0.29, 0.717) is 6.54 Å². The normalized spacial score (nSPS) is 14.1. The molecule has 0 saturated heterocycles. The van der Waals surface area contributed by atoms with E-state index < -0.39 is 0 Å². The second-order valence-corrected chi connectivity index (χ2v) is 5.93. The molecule has 0 fully saturated rings. The van der Waals surface area contributed by atoms with Gasteiger partial charge in [-0.1, -0.05) is 55.5 Å². The molecule has 0 saturated carbocycles. The summed E-state index contributed by atoms with van der Waals surface area (Å²) in [7, 11) is 0. The molecule has 4 rings (SSSR count). The number of hydrogen-bond donors (Lipinski definition) is 2. The van der Waals surface area contributed by atoms with Crippen molar-refractivity contribution in [3.8, 4) is 0 Å². The highest BCUT2D eigenvalue weighted by atomic mass is 16.2. The van der Waals surface area contributed by atoms with Gasteiger partial charge in [-0.2, -0.15) is 0 Å².